The zero-order valence-electron chi connectivity index (χ0n) is 12.4. The van der Waals surface area contributed by atoms with Crippen molar-refractivity contribution in [2.45, 2.75) is 78.1 Å². The SMILES string of the molecule is CCCCCCCCCCc1ccccc1CC. The van der Waals surface area contributed by atoms with Crippen molar-refractivity contribution in [3.63, 3.8) is 0 Å². The van der Waals surface area contributed by atoms with Gasteiger partial charge in [-0.25, -0.2) is 0 Å². The van der Waals surface area contributed by atoms with Crippen LogP contribution in [0.15, 0.2) is 24.3 Å². The van der Waals surface area contributed by atoms with Crippen molar-refractivity contribution in [1.82, 2.24) is 0 Å². The van der Waals surface area contributed by atoms with Gasteiger partial charge in [-0.1, -0.05) is 83.1 Å². The van der Waals surface area contributed by atoms with E-state index in [0.717, 1.165) is 0 Å². The Bertz CT molecular complexity index is 301. The van der Waals surface area contributed by atoms with Crippen molar-refractivity contribution in [3.05, 3.63) is 35.4 Å². The van der Waals surface area contributed by atoms with Crippen LogP contribution in [0.25, 0.3) is 0 Å². The van der Waals surface area contributed by atoms with Crippen LogP contribution < -0.4 is 0 Å². The van der Waals surface area contributed by atoms with Crippen LogP contribution in [0, 0.1) is 0 Å². The normalized spacial score (nSPS) is 10.8. The van der Waals surface area contributed by atoms with E-state index in [2.05, 4.69) is 38.1 Å². The maximum Gasteiger partial charge on any atom is -0.0276 e. The summed E-state index contributed by atoms with van der Waals surface area (Å²) in [4.78, 5) is 0. The second-order valence-corrected chi connectivity index (χ2v) is 5.35. The van der Waals surface area contributed by atoms with Crippen molar-refractivity contribution in [3.8, 4) is 0 Å². The number of rotatable bonds is 10. The monoisotopic (exact) mass is 246 g/mol. The fourth-order valence-corrected chi connectivity index (χ4v) is 2.60. The van der Waals surface area contributed by atoms with Gasteiger partial charge in [-0.2, -0.15) is 0 Å². The fraction of sp³-hybridized carbons (Fsp3) is 0.667. The van der Waals surface area contributed by atoms with Crippen LogP contribution >= 0.6 is 0 Å². The Labute approximate surface area is 114 Å². The number of hydrogen-bond acceptors (Lipinski definition) is 0. The minimum absolute atomic E-state index is 1.17. The lowest BCUT2D eigenvalue weighted by atomic mass is 9.99. The lowest BCUT2D eigenvalue weighted by molar-refractivity contribution is 0.575. The largest absolute Gasteiger partial charge is 0.0654 e. The molecule has 1 aromatic rings. The van der Waals surface area contributed by atoms with Gasteiger partial charge < -0.3 is 0 Å². The van der Waals surface area contributed by atoms with Crippen LogP contribution in [-0.4, -0.2) is 0 Å². The predicted octanol–water partition coefficient (Wildman–Crippen LogP) is 5.93. The van der Waals surface area contributed by atoms with Crippen LogP contribution in [-0.2, 0) is 12.8 Å². The number of hydrogen-bond donors (Lipinski definition) is 0. The van der Waals surface area contributed by atoms with E-state index in [4.69, 9.17) is 0 Å². The summed E-state index contributed by atoms with van der Waals surface area (Å²) in [6.45, 7) is 4.54. The molecule has 0 aromatic heterocycles. The fourth-order valence-electron chi connectivity index (χ4n) is 2.60. The molecule has 18 heavy (non-hydrogen) atoms. The number of benzene rings is 1. The Morgan fingerprint density at radius 2 is 1.22 bits per heavy atom. The minimum atomic E-state index is 1.17. The molecule has 0 aliphatic carbocycles. The zero-order chi connectivity index (χ0) is 13.1. The van der Waals surface area contributed by atoms with Crippen LogP contribution in [0.2, 0.25) is 0 Å². The molecule has 102 valence electrons. The molecule has 0 spiro atoms. The predicted molar refractivity (Wildman–Crippen MR) is 82.1 cm³/mol. The maximum absolute atomic E-state index is 2.31. The topological polar surface area (TPSA) is 0 Å². The summed E-state index contributed by atoms with van der Waals surface area (Å²) in [6, 6.07) is 8.93. The lowest BCUT2D eigenvalue weighted by Crippen LogP contribution is -1.92. The van der Waals surface area contributed by atoms with Gasteiger partial charge >= 0.3 is 0 Å². The minimum Gasteiger partial charge on any atom is -0.0654 e. The van der Waals surface area contributed by atoms with Crippen molar-refractivity contribution in [1.29, 1.82) is 0 Å². The molecule has 0 amide bonds. The molecule has 0 unspecified atom stereocenters. The van der Waals surface area contributed by atoms with Crippen LogP contribution in [0.5, 0.6) is 0 Å². The molecular weight excluding hydrogens is 216 g/mol. The first-order valence-corrected chi connectivity index (χ1v) is 7.95. The van der Waals surface area contributed by atoms with Crippen LogP contribution in [0.4, 0.5) is 0 Å². The molecule has 0 aliphatic rings. The summed E-state index contributed by atoms with van der Waals surface area (Å²) < 4.78 is 0. The molecule has 0 nitrogen and oxygen atoms in total. The van der Waals surface area contributed by atoms with Gasteiger partial charge in [0.15, 0.2) is 0 Å². The Hall–Kier alpha value is -0.780. The van der Waals surface area contributed by atoms with E-state index in [1.165, 1.54) is 64.2 Å². The molecular formula is C18H30. The summed E-state index contributed by atoms with van der Waals surface area (Å²) in [5, 5.41) is 0. The summed E-state index contributed by atoms with van der Waals surface area (Å²) in [6.07, 6.45) is 13.8. The summed E-state index contributed by atoms with van der Waals surface area (Å²) >= 11 is 0. The third kappa shape index (κ3) is 6.23. The second kappa shape index (κ2) is 10.2. The first-order chi connectivity index (χ1) is 8.88. The third-order valence-electron chi connectivity index (χ3n) is 3.80. The second-order valence-electron chi connectivity index (χ2n) is 5.35. The molecule has 0 atom stereocenters. The molecule has 0 N–H and O–H groups in total. The molecule has 0 saturated carbocycles. The van der Waals surface area contributed by atoms with Gasteiger partial charge in [-0.15, -0.1) is 0 Å². The molecule has 0 saturated heterocycles. The molecule has 1 aromatic carbocycles. The number of unbranched alkanes of at least 4 members (excludes halogenated alkanes) is 7. The third-order valence-corrected chi connectivity index (χ3v) is 3.80. The summed E-state index contributed by atoms with van der Waals surface area (Å²) in [5.74, 6) is 0. The standard InChI is InChI=1S/C18H30/c1-3-5-6-7-8-9-10-11-15-18-16-13-12-14-17(18)4-2/h12-14,16H,3-11,15H2,1-2H3. The van der Waals surface area contributed by atoms with Crippen molar-refractivity contribution in [2.24, 2.45) is 0 Å². The van der Waals surface area contributed by atoms with Gasteiger partial charge in [0.05, 0.1) is 0 Å². The number of aryl methyl sites for hydroxylation is 2. The molecule has 0 aliphatic heterocycles. The zero-order valence-corrected chi connectivity index (χ0v) is 12.4. The molecule has 1 rings (SSSR count). The van der Waals surface area contributed by atoms with Gasteiger partial charge in [-0.05, 0) is 30.4 Å². The quantitative estimate of drug-likeness (QED) is 0.449. The van der Waals surface area contributed by atoms with Gasteiger partial charge in [0.1, 0.15) is 0 Å². The molecule has 0 radical (unpaired) electrons. The van der Waals surface area contributed by atoms with E-state index >= 15 is 0 Å². The smallest absolute Gasteiger partial charge is 0.0276 e. The highest BCUT2D eigenvalue weighted by Crippen LogP contribution is 2.14. The highest BCUT2D eigenvalue weighted by Gasteiger charge is 1.99. The molecule has 0 fully saturated rings. The Balaban J connectivity index is 2.07. The van der Waals surface area contributed by atoms with Crippen LogP contribution in [0.3, 0.4) is 0 Å². The van der Waals surface area contributed by atoms with E-state index < -0.39 is 0 Å². The van der Waals surface area contributed by atoms with E-state index in [1.54, 1.807) is 11.1 Å². The van der Waals surface area contributed by atoms with Crippen molar-refractivity contribution >= 4 is 0 Å². The van der Waals surface area contributed by atoms with Crippen molar-refractivity contribution < 1.29 is 0 Å². The average Bonchev–Trinajstić information content (AvgIpc) is 2.42. The van der Waals surface area contributed by atoms with Gasteiger partial charge in [0.2, 0.25) is 0 Å². The van der Waals surface area contributed by atoms with E-state index in [0.29, 0.717) is 0 Å². The highest BCUT2D eigenvalue weighted by atomic mass is 14.0. The van der Waals surface area contributed by atoms with E-state index in [1.807, 2.05) is 0 Å². The average molecular weight is 246 g/mol. The first-order valence-electron chi connectivity index (χ1n) is 7.95. The molecule has 0 bridgehead atoms. The Kier molecular flexibility index (Phi) is 8.63. The molecule has 0 heterocycles. The van der Waals surface area contributed by atoms with E-state index in [9.17, 15) is 0 Å². The first kappa shape index (κ1) is 15.3. The molecule has 0 heteroatoms. The Morgan fingerprint density at radius 3 is 1.83 bits per heavy atom. The van der Waals surface area contributed by atoms with E-state index in [-0.39, 0.29) is 0 Å². The van der Waals surface area contributed by atoms with Gasteiger partial charge in [0.25, 0.3) is 0 Å². The highest BCUT2D eigenvalue weighted by molar-refractivity contribution is 5.26. The summed E-state index contributed by atoms with van der Waals surface area (Å²) in [5.41, 5.74) is 3.12. The van der Waals surface area contributed by atoms with Gasteiger partial charge in [-0.3, -0.25) is 0 Å². The van der Waals surface area contributed by atoms with Crippen molar-refractivity contribution in [2.75, 3.05) is 0 Å². The van der Waals surface area contributed by atoms with Crippen LogP contribution in [0.1, 0.15) is 76.3 Å². The van der Waals surface area contributed by atoms with Gasteiger partial charge in [0, 0.05) is 0 Å². The summed E-state index contributed by atoms with van der Waals surface area (Å²) in [7, 11) is 0. The Morgan fingerprint density at radius 1 is 0.667 bits per heavy atom. The maximum atomic E-state index is 2.31. The lowest BCUT2D eigenvalue weighted by Gasteiger charge is -2.07.